The van der Waals surface area contributed by atoms with Crippen molar-refractivity contribution in [2.24, 2.45) is 7.05 Å². The number of thiophene rings is 1. The van der Waals surface area contributed by atoms with Gasteiger partial charge in [-0.25, -0.2) is 0 Å². The Morgan fingerprint density at radius 3 is 2.82 bits per heavy atom. The summed E-state index contributed by atoms with van der Waals surface area (Å²) in [6.45, 7) is 3.95. The third-order valence-corrected chi connectivity index (χ3v) is 4.09. The molecule has 1 N–H and O–H groups in total. The Labute approximate surface area is 106 Å². The van der Waals surface area contributed by atoms with E-state index in [1.807, 2.05) is 36.2 Å². The number of aliphatic hydroxyl groups is 1. The Kier molecular flexibility index (Phi) is 3.35. The van der Waals surface area contributed by atoms with E-state index in [2.05, 4.69) is 18.1 Å². The van der Waals surface area contributed by atoms with Crippen molar-refractivity contribution in [3.8, 4) is 0 Å². The van der Waals surface area contributed by atoms with Gasteiger partial charge in [-0.05, 0) is 30.9 Å². The largest absolute Gasteiger partial charge is 0.384 e. The first-order chi connectivity index (χ1) is 8.03. The molecule has 0 spiro atoms. The van der Waals surface area contributed by atoms with Gasteiger partial charge in [0, 0.05) is 24.0 Å². The molecule has 0 amide bonds. The summed E-state index contributed by atoms with van der Waals surface area (Å²) in [5, 5.41) is 16.9. The second-order valence-electron chi connectivity index (χ2n) is 4.53. The summed E-state index contributed by atoms with van der Waals surface area (Å²) in [5.41, 5.74) is 1.33. The highest BCUT2D eigenvalue weighted by atomic mass is 32.1. The van der Waals surface area contributed by atoms with E-state index in [1.54, 1.807) is 11.3 Å². The Bertz CT molecular complexity index is 485. The second-order valence-corrected chi connectivity index (χ2v) is 5.48. The zero-order valence-electron chi connectivity index (χ0n) is 10.5. The lowest BCUT2D eigenvalue weighted by Gasteiger charge is -2.21. The molecule has 0 saturated carbocycles. The van der Waals surface area contributed by atoms with E-state index in [0.29, 0.717) is 6.42 Å². The summed E-state index contributed by atoms with van der Waals surface area (Å²) in [6.07, 6.45) is 1.52. The van der Waals surface area contributed by atoms with Crippen LogP contribution in [0.2, 0.25) is 0 Å². The minimum atomic E-state index is -0.813. The van der Waals surface area contributed by atoms with Crippen molar-refractivity contribution >= 4 is 11.3 Å². The smallest absolute Gasteiger partial charge is 0.101 e. The lowest BCUT2D eigenvalue weighted by Crippen LogP contribution is -2.24. The fourth-order valence-electron chi connectivity index (χ4n) is 1.93. The molecule has 92 valence electrons. The number of nitrogens with zero attached hydrogens (tertiary/aromatic N) is 2. The fraction of sp³-hybridized carbons (Fsp3) is 0.462. The van der Waals surface area contributed by atoms with Gasteiger partial charge < -0.3 is 5.11 Å². The lowest BCUT2D eigenvalue weighted by atomic mass is 9.98. The molecule has 0 aliphatic carbocycles. The number of hydrogen-bond donors (Lipinski definition) is 1. The maximum absolute atomic E-state index is 10.5. The minimum Gasteiger partial charge on any atom is -0.384 e. The Balaban J connectivity index is 2.22. The van der Waals surface area contributed by atoms with Crippen molar-refractivity contribution in [3.05, 3.63) is 39.8 Å². The molecule has 17 heavy (non-hydrogen) atoms. The van der Waals surface area contributed by atoms with Crippen LogP contribution in [0.4, 0.5) is 0 Å². The molecule has 0 fully saturated rings. The molecule has 2 aromatic heterocycles. The first-order valence-corrected chi connectivity index (χ1v) is 6.69. The third-order valence-electron chi connectivity index (χ3n) is 2.97. The van der Waals surface area contributed by atoms with Crippen LogP contribution < -0.4 is 0 Å². The van der Waals surface area contributed by atoms with Gasteiger partial charge in [0.2, 0.25) is 0 Å². The minimum absolute atomic E-state index is 0.594. The van der Waals surface area contributed by atoms with E-state index in [1.165, 1.54) is 0 Å². The van der Waals surface area contributed by atoms with Crippen molar-refractivity contribution in [2.75, 3.05) is 0 Å². The van der Waals surface area contributed by atoms with Crippen molar-refractivity contribution in [3.63, 3.8) is 0 Å². The normalized spacial score (nSPS) is 14.8. The average molecular weight is 250 g/mol. The summed E-state index contributed by atoms with van der Waals surface area (Å²) in [4.78, 5) is 0.997. The van der Waals surface area contributed by atoms with Crippen LogP contribution in [0.5, 0.6) is 0 Å². The monoisotopic (exact) mass is 250 g/mol. The van der Waals surface area contributed by atoms with Crippen molar-refractivity contribution in [2.45, 2.75) is 32.3 Å². The van der Waals surface area contributed by atoms with Gasteiger partial charge >= 0.3 is 0 Å². The van der Waals surface area contributed by atoms with Gasteiger partial charge in [0.15, 0.2) is 0 Å². The third kappa shape index (κ3) is 2.58. The zero-order chi connectivity index (χ0) is 12.5. The predicted molar refractivity (Wildman–Crippen MR) is 70.2 cm³/mol. The molecule has 2 rings (SSSR count). The molecule has 2 heterocycles. The van der Waals surface area contributed by atoms with E-state index >= 15 is 0 Å². The number of aromatic nitrogens is 2. The molecule has 1 atom stereocenters. The summed E-state index contributed by atoms with van der Waals surface area (Å²) >= 11 is 1.59. The molecule has 0 bridgehead atoms. The van der Waals surface area contributed by atoms with Gasteiger partial charge in [0.05, 0.1) is 5.69 Å². The van der Waals surface area contributed by atoms with Crippen LogP contribution in [0, 0.1) is 0 Å². The van der Waals surface area contributed by atoms with Crippen LogP contribution in [-0.4, -0.2) is 14.9 Å². The summed E-state index contributed by atoms with van der Waals surface area (Å²) in [7, 11) is 1.93. The van der Waals surface area contributed by atoms with E-state index in [4.69, 9.17) is 0 Å². The lowest BCUT2D eigenvalue weighted by molar-refractivity contribution is 0.0594. The van der Waals surface area contributed by atoms with Crippen molar-refractivity contribution < 1.29 is 5.11 Å². The molecule has 0 radical (unpaired) electrons. The molecule has 0 aliphatic rings. The SMILES string of the molecule is CCc1cc(CC(C)(O)c2cccs2)n(C)n1. The quantitative estimate of drug-likeness (QED) is 0.905. The molecule has 3 nitrogen and oxygen atoms in total. The highest BCUT2D eigenvalue weighted by Gasteiger charge is 2.26. The van der Waals surface area contributed by atoms with Gasteiger partial charge in [-0.15, -0.1) is 11.3 Å². The highest BCUT2D eigenvalue weighted by Crippen LogP contribution is 2.28. The van der Waals surface area contributed by atoms with E-state index in [9.17, 15) is 5.11 Å². The van der Waals surface area contributed by atoms with E-state index in [-0.39, 0.29) is 0 Å². The molecular weight excluding hydrogens is 232 g/mol. The Morgan fingerprint density at radius 1 is 1.53 bits per heavy atom. The summed E-state index contributed by atoms with van der Waals surface area (Å²) < 4.78 is 1.86. The molecular formula is C13H18N2OS. The van der Waals surface area contributed by atoms with Crippen LogP contribution in [0.3, 0.4) is 0 Å². The fourth-order valence-corrected chi connectivity index (χ4v) is 2.72. The molecule has 2 aromatic rings. The second kappa shape index (κ2) is 4.63. The van der Waals surface area contributed by atoms with E-state index < -0.39 is 5.60 Å². The van der Waals surface area contributed by atoms with Crippen molar-refractivity contribution in [1.29, 1.82) is 0 Å². The van der Waals surface area contributed by atoms with Crippen LogP contribution in [0.1, 0.15) is 30.1 Å². The number of rotatable bonds is 4. The van der Waals surface area contributed by atoms with Crippen LogP contribution in [0.15, 0.2) is 23.6 Å². The zero-order valence-corrected chi connectivity index (χ0v) is 11.3. The van der Waals surface area contributed by atoms with Gasteiger partial charge in [0.25, 0.3) is 0 Å². The average Bonchev–Trinajstić information content (AvgIpc) is 2.88. The number of hydrogen-bond acceptors (Lipinski definition) is 3. The van der Waals surface area contributed by atoms with Crippen LogP contribution in [-0.2, 0) is 25.5 Å². The summed E-state index contributed by atoms with van der Waals surface area (Å²) in [5.74, 6) is 0. The molecule has 0 aliphatic heterocycles. The van der Waals surface area contributed by atoms with Gasteiger partial charge in [-0.1, -0.05) is 13.0 Å². The molecule has 4 heteroatoms. The Hall–Kier alpha value is -1.13. The highest BCUT2D eigenvalue weighted by molar-refractivity contribution is 7.10. The van der Waals surface area contributed by atoms with Gasteiger partial charge in [-0.3, -0.25) is 4.68 Å². The predicted octanol–water partition coefficient (Wildman–Crippen LogP) is 2.49. The standard InChI is InChI=1S/C13H18N2OS/c1-4-10-8-11(15(3)14-10)9-13(2,16)12-6-5-7-17-12/h5-8,16H,4,9H2,1-3H3. The Morgan fingerprint density at radius 2 is 2.29 bits per heavy atom. The van der Waals surface area contributed by atoms with Crippen LogP contribution >= 0.6 is 11.3 Å². The van der Waals surface area contributed by atoms with Crippen molar-refractivity contribution in [1.82, 2.24) is 9.78 Å². The van der Waals surface area contributed by atoms with Gasteiger partial charge in [0.1, 0.15) is 5.60 Å². The first-order valence-electron chi connectivity index (χ1n) is 5.81. The summed E-state index contributed by atoms with van der Waals surface area (Å²) in [6, 6.07) is 6.01. The molecule has 0 saturated heterocycles. The molecule has 1 unspecified atom stereocenters. The maximum atomic E-state index is 10.5. The topological polar surface area (TPSA) is 38.0 Å². The number of aryl methyl sites for hydroxylation is 2. The van der Waals surface area contributed by atoms with E-state index in [0.717, 1.165) is 22.7 Å². The van der Waals surface area contributed by atoms with Crippen LogP contribution in [0.25, 0.3) is 0 Å². The van der Waals surface area contributed by atoms with Gasteiger partial charge in [-0.2, -0.15) is 5.10 Å². The maximum Gasteiger partial charge on any atom is 0.101 e. The molecule has 0 aromatic carbocycles. The first kappa shape index (κ1) is 12.3.